The first-order valence-corrected chi connectivity index (χ1v) is 7.18. The molecule has 98 valence electrons. The lowest BCUT2D eigenvalue weighted by atomic mass is 10.1. The number of unbranched alkanes of at least 4 members (excludes halogenated alkanes) is 4. The zero-order valence-electron chi connectivity index (χ0n) is 11.3. The van der Waals surface area contributed by atoms with Crippen molar-refractivity contribution < 1.29 is 21.5 Å². The molecule has 0 bridgehead atoms. The summed E-state index contributed by atoms with van der Waals surface area (Å²) in [4.78, 5) is 0. The van der Waals surface area contributed by atoms with Gasteiger partial charge in [-0.25, -0.2) is 0 Å². The van der Waals surface area contributed by atoms with E-state index >= 15 is 0 Å². The van der Waals surface area contributed by atoms with Crippen LogP contribution in [0.4, 0.5) is 0 Å². The molecule has 1 nitrogen and oxygen atoms in total. The highest BCUT2D eigenvalue weighted by molar-refractivity contribution is 4.54. The van der Waals surface area contributed by atoms with Gasteiger partial charge in [0, 0.05) is 0 Å². The molecule has 1 heterocycles. The highest BCUT2D eigenvalue weighted by atomic mass is 79.9. The van der Waals surface area contributed by atoms with E-state index < -0.39 is 0 Å². The monoisotopic (exact) mass is 291 g/mol. The minimum atomic E-state index is 0. The molecule has 0 aliphatic carbocycles. The minimum Gasteiger partial charge on any atom is -1.00 e. The summed E-state index contributed by atoms with van der Waals surface area (Å²) in [7, 11) is 0. The van der Waals surface area contributed by atoms with E-state index in [-0.39, 0.29) is 17.0 Å². The van der Waals surface area contributed by atoms with Crippen LogP contribution in [0.25, 0.3) is 0 Å². The SMILES string of the molecule is CCCCCCC[N+]1(CC)CCCCC1.[Br-]. The lowest BCUT2D eigenvalue weighted by Crippen LogP contribution is -3.00. The molecule has 0 aromatic carbocycles. The van der Waals surface area contributed by atoms with Crippen molar-refractivity contribution >= 4 is 0 Å². The third kappa shape index (κ3) is 5.67. The zero-order valence-corrected chi connectivity index (χ0v) is 12.9. The summed E-state index contributed by atoms with van der Waals surface area (Å²) in [5.41, 5.74) is 0. The topological polar surface area (TPSA) is 0 Å². The van der Waals surface area contributed by atoms with E-state index in [1.165, 1.54) is 82.0 Å². The Morgan fingerprint density at radius 2 is 1.44 bits per heavy atom. The predicted octanol–water partition coefficient (Wildman–Crippen LogP) is 0.981. The van der Waals surface area contributed by atoms with Crippen LogP contribution in [-0.4, -0.2) is 30.7 Å². The molecule has 0 radical (unpaired) electrons. The van der Waals surface area contributed by atoms with Crippen molar-refractivity contribution in [1.29, 1.82) is 0 Å². The average Bonchev–Trinajstić information content (AvgIpc) is 2.30. The van der Waals surface area contributed by atoms with Crippen LogP contribution in [0.2, 0.25) is 0 Å². The van der Waals surface area contributed by atoms with Gasteiger partial charge in [-0.3, -0.25) is 0 Å². The largest absolute Gasteiger partial charge is 1.00 e. The Hall–Kier alpha value is 0.440. The second-order valence-corrected chi connectivity index (χ2v) is 5.30. The fourth-order valence-corrected chi connectivity index (χ4v) is 2.93. The summed E-state index contributed by atoms with van der Waals surface area (Å²) >= 11 is 0. The molecular weight excluding hydrogens is 262 g/mol. The van der Waals surface area contributed by atoms with Crippen LogP contribution in [-0.2, 0) is 0 Å². The van der Waals surface area contributed by atoms with E-state index in [0.29, 0.717) is 0 Å². The average molecular weight is 292 g/mol. The van der Waals surface area contributed by atoms with E-state index in [1.54, 1.807) is 0 Å². The number of rotatable bonds is 7. The Balaban J connectivity index is 0.00000225. The lowest BCUT2D eigenvalue weighted by molar-refractivity contribution is -0.931. The highest BCUT2D eigenvalue weighted by Crippen LogP contribution is 2.20. The first kappa shape index (κ1) is 16.4. The van der Waals surface area contributed by atoms with E-state index in [9.17, 15) is 0 Å². The molecule has 16 heavy (non-hydrogen) atoms. The fourth-order valence-electron chi connectivity index (χ4n) is 2.93. The number of hydrogen-bond donors (Lipinski definition) is 0. The normalized spacial score (nSPS) is 19.1. The summed E-state index contributed by atoms with van der Waals surface area (Å²) in [6, 6.07) is 0. The van der Waals surface area contributed by atoms with Crippen molar-refractivity contribution in [2.24, 2.45) is 0 Å². The Kier molecular flexibility index (Phi) is 9.73. The number of piperidine rings is 1. The molecule has 1 aliphatic heterocycles. The Morgan fingerprint density at radius 1 is 0.812 bits per heavy atom. The standard InChI is InChI=1S/C14H30N.BrH/c1-3-5-6-7-9-12-15(4-2)13-10-8-11-14-15;/h3-14H2,1-2H3;1H/q+1;/p-1. The number of halogens is 1. The van der Waals surface area contributed by atoms with Crippen LogP contribution in [0.15, 0.2) is 0 Å². The molecule has 1 fully saturated rings. The van der Waals surface area contributed by atoms with Crippen LogP contribution < -0.4 is 17.0 Å². The van der Waals surface area contributed by atoms with Crippen molar-refractivity contribution in [2.45, 2.75) is 65.2 Å². The van der Waals surface area contributed by atoms with E-state index in [2.05, 4.69) is 13.8 Å². The Morgan fingerprint density at radius 3 is 2.00 bits per heavy atom. The molecule has 1 saturated heterocycles. The number of nitrogens with zero attached hydrogens (tertiary/aromatic N) is 1. The van der Waals surface area contributed by atoms with Gasteiger partial charge < -0.3 is 21.5 Å². The van der Waals surface area contributed by atoms with Gasteiger partial charge >= 0.3 is 0 Å². The molecule has 0 spiro atoms. The maximum Gasteiger partial charge on any atom is 0.0786 e. The second-order valence-electron chi connectivity index (χ2n) is 5.30. The van der Waals surface area contributed by atoms with Gasteiger partial charge in [0.2, 0.25) is 0 Å². The molecule has 1 rings (SSSR count). The number of likely N-dealkylation sites (tertiary alicyclic amines) is 1. The van der Waals surface area contributed by atoms with Crippen LogP contribution in [0, 0.1) is 0 Å². The van der Waals surface area contributed by atoms with Crippen LogP contribution >= 0.6 is 0 Å². The summed E-state index contributed by atoms with van der Waals surface area (Å²) in [5, 5.41) is 0. The van der Waals surface area contributed by atoms with Gasteiger partial charge in [-0.15, -0.1) is 0 Å². The molecule has 2 heteroatoms. The molecule has 0 aromatic heterocycles. The van der Waals surface area contributed by atoms with Crippen LogP contribution in [0.3, 0.4) is 0 Å². The second kappa shape index (κ2) is 9.47. The van der Waals surface area contributed by atoms with Gasteiger partial charge in [0.15, 0.2) is 0 Å². The minimum absolute atomic E-state index is 0. The van der Waals surface area contributed by atoms with Gasteiger partial charge in [-0.1, -0.05) is 26.2 Å². The predicted molar refractivity (Wildman–Crippen MR) is 68.0 cm³/mol. The fraction of sp³-hybridized carbons (Fsp3) is 1.00. The highest BCUT2D eigenvalue weighted by Gasteiger charge is 2.26. The number of quaternary nitrogens is 1. The van der Waals surface area contributed by atoms with Gasteiger partial charge in [0.1, 0.15) is 0 Å². The molecule has 0 saturated carbocycles. The molecule has 0 N–H and O–H groups in total. The maximum atomic E-state index is 2.39. The van der Waals surface area contributed by atoms with Crippen molar-refractivity contribution in [2.75, 3.05) is 26.2 Å². The van der Waals surface area contributed by atoms with Crippen molar-refractivity contribution in [3.8, 4) is 0 Å². The van der Waals surface area contributed by atoms with Crippen LogP contribution in [0.5, 0.6) is 0 Å². The first-order valence-electron chi connectivity index (χ1n) is 7.18. The molecule has 1 aliphatic rings. The van der Waals surface area contributed by atoms with E-state index in [4.69, 9.17) is 0 Å². The van der Waals surface area contributed by atoms with E-state index in [0.717, 1.165) is 0 Å². The molecular formula is C14H30BrN. The molecule has 0 atom stereocenters. The van der Waals surface area contributed by atoms with Crippen LogP contribution in [0.1, 0.15) is 65.2 Å². The maximum absolute atomic E-state index is 2.39. The Labute approximate surface area is 113 Å². The number of hydrogen-bond acceptors (Lipinski definition) is 0. The lowest BCUT2D eigenvalue weighted by Gasteiger charge is -2.41. The quantitative estimate of drug-likeness (QED) is 0.485. The third-order valence-electron chi connectivity index (χ3n) is 4.17. The van der Waals surface area contributed by atoms with Crippen molar-refractivity contribution in [1.82, 2.24) is 0 Å². The zero-order chi connectivity index (χ0) is 11.0. The summed E-state index contributed by atoms with van der Waals surface area (Å²) < 4.78 is 1.44. The van der Waals surface area contributed by atoms with E-state index in [1.807, 2.05) is 0 Å². The van der Waals surface area contributed by atoms with Crippen molar-refractivity contribution in [3.63, 3.8) is 0 Å². The first-order chi connectivity index (χ1) is 7.33. The summed E-state index contributed by atoms with van der Waals surface area (Å²) in [6.07, 6.45) is 11.6. The third-order valence-corrected chi connectivity index (χ3v) is 4.17. The van der Waals surface area contributed by atoms with Gasteiger partial charge in [0.05, 0.1) is 26.2 Å². The molecule has 0 aromatic rings. The Bertz CT molecular complexity index is 153. The van der Waals surface area contributed by atoms with Gasteiger partial charge in [-0.05, 0) is 39.0 Å². The molecule has 0 unspecified atom stereocenters. The summed E-state index contributed by atoms with van der Waals surface area (Å²) in [6.45, 7) is 10.4. The smallest absolute Gasteiger partial charge is 0.0786 e. The molecule has 0 amide bonds. The summed E-state index contributed by atoms with van der Waals surface area (Å²) in [5.74, 6) is 0. The van der Waals surface area contributed by atoms with Gasteiger partial charge in [0.25, 0.3) is 0 Å². The van der Waals surface area contributed by atoms with Crippen molar-refractivity contribution in [3.05, 3.63) is 0 Å². The van der Waals surface area contributed by atoms with Gasteiger partial charge in [-0.2, -0.15) is 0 Å².